The Bertz CT molecular complexity index is 502. The normalized spacial score (nSPS) is 10.9. The SMILES string of the molecule is CCOc1ccc(N=Cc2ccc(Br)o2)cc1. The van der Waals surface area contributed by atoms with E-state index in [9.17, 15) is 0 Å². The highest BCUT2D eigenvalue weighted by Crippen LogP contribution is 2.18. The zero-order valence-electron chi connectivity index (χ0n) is 9.39. The molecule has 88 valence electrons. The van der Waals surface area contributed by atoms with Gasteiger partial charge in [-0.3, -0.25) is 4.99 Å². The summed E-state index contributed by atoms with van der Waals surface area (Å²) in [6.07, 6.45) is 1.68. The van der Waals surface area contributed by atoms with Crippen molar-refractivity contribution in [2.24, 2.45) is 4.99 Å². The van der Waals surface area contributed by atoms with Gasteiger partial charge in [0.2, 0.25) is 0 Å². The van der Waals surface area contributed by atoms with Crippen LogP contribution in [0.1, 0.15) is 12.7 Å². The van der Waals surface area contributed by atoms with E-state index in [0.29, 0.717) is 17.0 Å². The van der Waals surface area contributed by atoms with Gasteiger partial charge >= 0.3 is 0 Å². The summed E-state index contributed by atoms with van der Waals surface area (Å²) in [6, 6.07) is 11.3. The molecular formula is C13H12BrNO2. The van der Waals surface area contributed by atoms with E-state index in [1.165, 1.54) is 0 Å². The second-order valence-corrected chi connectivity index (χ2v) is 4.11. The van der Waals surface area contributed by atoms with E-state index in [-0.39, 0.29) is 0 Å². The smallest absolute Gasteiger partial charge is 0.169 e. The molecular weight excluding hydrogens is 282 g/mol. The maximum absolute atomic E-state index is 5.35. The molecule has 0 aliphatic carbocycles. The molecule has 17 heavy (non-hydrogen) atoms. The summed E-state index contributed by atoms with van der Waals surface area (Å²) in [7, 11) is 0. The number of hydrogen-bond donors (Lipinski definition) is 0. The number of benzene rings is 1. The topological polar surface area (TPSA) is 34.7 Å². The lowest BCUT2D eigenvalue weighted by Crippen LogP contribution is -1.89. The van der Waals surface area contributed by atoms with Crippen LogP contribution in [0.2, 0.25) is 0 Å². The second-order valence-electron chi connectivity index (χ2n) is 3.33. The summed E-state index contributed by atoms with van der Waals surface area (Å²) in [5.74, 6) is 1.57. The van der Waals surface area contributed by atoms with Crippen LogP contribution in [0.5, 0.6) is 5.75 Å². The molecule has 0 aliphatic heterocycles. The molecule has 1 heterocycles. The van der Waals surface area contributed by atoms with E-state index < -0.39 is 0 Å². The summed E-state index contributed by atoms with van der Waals surface area (Å²) in [4.78, 5) is 4.30. The minimum Gasteiger partial charge on any atom is -0.494 e. The lowest BCUT2D eigenvalue weighted by atomic mass is 10.3. The lowest BCUT2D eigenvalue weighted by molar-refractivity contribution is 0.340. The number of aliphatic imine (C=N–C) groups is 1. The molecule has 0 unspecified atom stereocenters. The van der Waals surface area contributed by atoms with Crippen molar-refractivity contribution in [3.63, 3.8) is 0 Å². The number of nitrogens with zero attached hydrogens (tertiary/aromatic N) is 1. The van der Waals surface area contributed by atoms with Crippen LogP contribution in [0.3, 0.4) is 0 Å². The predicted octanol–water partition coefficient (Wildman–Crippen LogP) is 4.19. The Labute approximate surface area is 108 Å². The van der Waals surface area contributed by atoms with Gasteiger partial charge in [0.25, 0.3) is 0 Å². The van der Waals surface area contributed by atoms with Crippen molar-refractivity contribution in [2.75, 3.05) is 6.61 Å². The van der Waals surface area contributed by atoms with Crippen LogP contribution in [-0.2, 0) is 0 Å². The Morgan fingerprint density at radius 3 is 2.59 bits per heavy atom. The van der Waals surface area contributed by atoms with Crippen molar-refractivity contribution in [2.45, 2.75) is 6.92 Å². The quantitative estimate of drug-likeness (QED) is 0.792. The predicted molar refractivity (Wildman–Crippen MR) is 71.3 cm³/mol. The molecule has 4 heteroatoms. The van der Waals surface area contributed by atoms with Gasteiger partial charge in [0, 0.05) is 0 Å². The summed E-state index contributed by atoms with van der Waals surface area (Å²) in [6.45, 7) is 2.63. The summed E-state index contributed by atoms with van der Waals surface area (Å²) in [5.41, 5.74) is 0.862. The fourth-order valence-electron chi connectivity index (χ4n) is 1.33. The highest BCUT2D eigenvalue weighted by Gasteiger charge is 1.96. The van der Waals surface area contributed by atoms with Crippen molar-refractivity contribution in [1.29, 1.82) is 0 Å². The second kappa shape index (κ2) is 5.68. The third kappa shape index (κ3) is 3.46. The number of furan rings is 1. The molecule has 0 bridgehead atoms. The Morgan fingerprint density at radius 2 is 2.00 bits per heavy atom. The van der Waals surface area contributed by atoms with Crippen LogP contribution >= 0.6 is 15.9 Å². The molecule has 0 N–H and O–H groups in total. The average molecular weight is 294 g/mol. The van der Waals surface area contributed by atoms with Gasteiger partial charge in [-0.15, -0.1) is 0 Å². The van der Waals surface area contributed by atoms with Crippen LogP contribution in [-0.4, -0.2) is 12.8 Å². The van der Waals surface area contributed by atoms with E-state index in [2.05, 4.69) is 20.9 Å². The largest absolute Gasteiger partial charge is 0.494 e. The molecule has 0 saturated heterocycles. The Hall–Kier alpha value is -1.55. The minimum absolute atomic E-state index is 0.670. The van der Waals surface area contributed by atoms with Crippen molar-refractivity contribution in [3.8, 4) is 5.75 Å². The van der Waals surface area contributed by atoms with Gasteiger partial charge in [-0.25, -0.2) is 0 Å². The maximum atomic E-state index is 5.35. The molecule has 2 rings (SSSR count). The average Bonchev–Trinajstić information content (AvgIpc) is 2.75. The molecule has 2 aromatic rings. The van der Waals surface area contributed by atoms with E-state index in [1.54, 1.807) is 6.21 Å². The molecule has 0 saturated carbocycles. The summed E-state index contributed by atoms with van der Waals surface area (Å²) in [5, 5.41) is 0. The Kier molecular flexibility index (Phi) is 3.98. The van der Waals surface area contributed by atoms with Gasteiger partial charge in [0.1, 0.15) is 11.5 Å². The third-order valence-electron chi connectivity index (χ3n) is 2.08. The van der Waals surface area contributed by atoms with Crippen LogP contribution in [0.15, 0.2) is 50.5 Å². The van der Waals surface area contributed by atoms with Crippen molar-refractivity contribution in [1.82, 2.24) is 0 Å². The Morgan fingerprint density at radius 1 is 1.24 bits per heavy atom. The summed E-state index contributed by atoms with van der Waals surface area (Å²) >= 11 is 3.24. The van der Waals surface area contributed by atoms with Crippen LogP contribution < -0.4 is 4.74 Å². The van der Waals surface area contributed by atoms with E-state index in [1.807, 2.05) is 43.3 Å². The summed E-state index contributed by atoms with van der Waals surface area (Å²) < 4.78 is 11.4. The fraction of sp³-hybridized carbons (Fsp3) is 0.154. The van der Waals surface area contributed by atoms with Crippen molar-refractivity contribution >= 4 is 27.8 Å². The monoisotopic (exact) mass is 293 g/mol. The standard InChI is InChI=1S/C13H12BrNO2/c1-2-16-11-5-3-10(4-6-11)15-9-12-7-8-13(14)17-12/h3-9H,2H2,1H3. The van der Waals surface area contributed by atoms with E-state index in [0.717, 1.165) is 11.4 Å². The highest BCUT2D eigenvalue weighted by molar-refractivity contribution is 9.10. The third-order valence-corrected chi connectivity index (χ3v) is 2.51. The van der Waals surface area contributed by atoms with Gasteiger partial charge < -0.3 is 9.15 Å². The molecule has 3 nitrogen and oxygen atoms in total. The number of ether oxygens (including phenoxy) is 1. The Balaban J connectivity index is 2.05. The number of hydrogen-bond acceptors (Lipinski definition) is 3. The molecule has 0 spiro atoms. The maximum Gasteiger partial charge on any atom is 0.169 e. The molecule has 1 aromatic carbocycles. The molecule has 0 amide bonds. The van der Waals surface area contributed by atoms with Gasteiger partial charge in [-0.2, -0.15) is 0 Å². The van der Waals surface area contributed by atoms with Gasteiger partial charge in [-0.05, 0) is 59.3 Å². The first kappa shape index (κ1) is 11.9. The zero-order chi connectivity index (χ0) is 12.1. The number of rotatable bonds is 4. The van der Waals surface area contributed by atoms with Crippen LogP contribution in [0.25, 0.3) is 0 Å². The van der Waals surface area contributed by atoms with Gasteiger partial charge in [0.05, 0.1) is 18.5 Å². The van der Waals surface area contributed by atoms with Gasteiger partial charge in [-0.1, -0.05) is 0 Å². The number of halogens is 1. The van der Waals surface area contributed by atoms with E-state index in [4.69, 9.17) is 9.15 Å². The van der Waals surface area contributed by atoms with E-state index >= 15 is 0 Å². The highest BCUT2D eigenvalue weighted by atomic mass is 79.9. The van der Waals surface area contributed by atoms with Crippen LogP contribution in [0, 0.1) is 0 Å². The minimum atomic E-state index is 0.670. The molecule has 0 atom stereocenters. The first-order valence-corrected chi connectivity index (χ1v) is 6.09. The zero-order valence-corrected chi connectivity index (χ0v) is 11.0. The molecule has 0 fully saturated rings. The lowest BCUT2D eigenvalue weighted by Gasteiger charge is -2.01. The van der Waals surface area contributed by atoms with Crippen molar-refractivity contribution < 1.29 is 9.15 Å². The molecule has 0 radical (unpaired) electrons. The van der Waals surface area contributed by atoms with Crippen LogP contribution in [0.4, 0.5) is 5.69 Å². The molecule has 0 aliphatic rings. The first-order chi connectivity index (χ1) is 8.28. The van der Waals surface area contributed by atoms with Crippen molar-refractivity contribution in [3.05, 3.63) is 46.8 Å². The first-order valence-electron chi connectivity index (χ1n) is 5.30. The molecule has 1 aromatic heterocycles. The van der Waals surface area contributed by atoms with Gasteiger partial charge in [0.15, 0.2) is 4.67 Å². The fourth-order valence-corrected chi connectivity index (χ4v) is 1.65.